The Morgan fingerprint density at radius 1 is 0.792 bits per heavy atom. The number of nitrogens with two attached hydrogens (primary N) is 3. The average molecular weight is 344 g/mol. The molecule has 0 unspecified atom stereocenters. The molecule has 0 aliphatic rings. The summed E-state index contributed by atoms with van der Waals surface area (Å²) in [5.74, 6) is -3.22. The van der Waals surface area contributed by atoms with Gasteiger partial charge in [0.25, 0.3) is 5.69 Å². The highest BCUT2D eigenvalue weighted by Crippen LogP contribution is 2.24. The molecule has 0 heterocycles. The summed E-state index contributed by atoms with van der Waals surface area (Å²) in [4.78, 5) is 2.66. The van der Waals surface area contributed by atoms with Gasteiger partial charge in [0.05, 0.1) is 6.57 Å². The molecular formula is C16H20F4N4. The maximum atomic E-state index is 12.7. The van der Waals surface area contributed by atoms with Crippen molar-refractivity contribution in [2.45, 2.75) is 21.4 Å². The van der Waals surface area contributed by atoms with Gasteiger partial charge in [0.15, 0.2) is 0 Å². The fraction of sp³-hybridized carbons (Fsp3) is 0.188. The molecular weight excluding hydrogens is 324 g/mol. The summed E-state index contributed by atoms with van der Waals surface area (Å²) in [7, 11) is 0. The van der Waals surface area contributed by atoms with Gasteiger partial charge in [-0.15, -0.1) is 0 Å². The van der Waals surface area contributed by atoms with Crippen molar-refractivity contribution in [1.29, 1.82) is 0 Å². The fourth-order valence-corrected chi connectivity index (χ4v) is 1.51. The zero-order valence-electron chi connectivity index (χ0n) is 11.2. The van der Waals surface area contributed by atoms with Crippen molar-refractivity contribution in [2.75, 3.05) is 11.5 Å². The summed E-state index contributed by atoms with van der Waals surface area (Å²) >= 11 is 0. The number of hydrogen-bond donors (Lipinski definition) is 3. The zero-order valence-corrected chi connectivity index (χ0v) is 11.2. The molecule has 2 aromatic carbocycles. The van der Waals surface area contributed by atoms with Crippen molar-refractivity contribution in [3.8, 4) is 0 Å². The molecule has 24 heavy (non-hydrogen) atoms. The van der Waals surface area contributed by atoms with Gasteiger partial charge in [0.2, 0.25) is 0 Å². The average Bonchev–Trinajstić information content (AvgIpc) is 2.38. The third-order valence-electron chi connectivity index (χ3n) is 2.52. The second kappa shape index (κ2) is 10.1. The van der Waals surface area contributed by atoms with E-state index in [2.05, 4.69) is 4.85 Å². The summed E-state index contributed by atoms with van der Waals surface area (Å²) in [6, 6.07) is 3.92. The molecule has 2 rings (SSSR count). The van der Waals surface area contributed by atoms with Gasteiger partial charge in [-0.3, -0.25) is 0 Å². The SMILES string of the molecule is C.C.NCc1c(F)cc(N)cc1F.[C-]#[N+]c1c(F)cc(N)cc1F. The van der Waals surface area contributed by atoms with Crippen molar-refractivity contribution in [1.82, 2.24) is 0 Å². The van der Waals surface area contributed by atoms with Gasteiger partial charge in [0.1, 0.15) is 23.3 Å². The van der Waals surface area contributed by atoms with Crippen LogP contribution >= 0.6 is 0 Å². The highest BCUT2D eigenvalue weighted by atomic mass is 19.1. The molecule has 0 aliphatic heterocycles. The number of benzene rings is 2. The van der Waals surface area contributed by atoms with Crippen molar-refractivity contribution in [3.05, 3.63) is 64.5 Å². The zero-order chi connectivity index (χ0) is 16.9. The third-order valence-corrected chi connectivity index (χ3v) is 2.52. The van der Waals surface area contributed by atoms with Crippen molar-refractivity contribution in [2.24, 2.45) is 5.73 Å². The van der Waals surface area contributed by atoms with Crippen LogP contribution in [-0.2, 0) is 6.54 Å². The molecule has 0 aromatic heterocycles. The molecule has 6 N–H and O–H groups in total. The molecule has 0 radical (unpaired) electrons. The fourth-order valence-electron chi connectivity index (χ4n) is 1.51. The van der Waals surface area contributed by atoms with E-state index in [4.69, 9.17) is 23.8 Å². The van der Waals surface area contributed by atoms with Crippen molar-refractivity contribution < 1.29 is 17.6 Å². The Morgan fingerprint density at radius 2 is 1.12 bits per heavy atom. The van der Waals surface area contributed by atoms with Gasteiger partial charge in [0, 0.05) is 23.5 Å². The van der Waals surface area contributed by atoms with Crippen LogP contribution in [0.1, 0.15) is 20.4 Å². The normalized spacial score (nSPS) is 8.83. The Balaban J connectivity index is 0. The van der Waals surface area contributed by atoms with Crippen LogP contribution in [-0.4, -0.2) is 0 Å². The molecule has 0 spiro atoms. The first-order valence-electron chi connectivity index (χ1n) is 5.85. The molecule has 0 saturated heterocycles. The van der Waals surface area contributed by atoms with E-state index in [0.29, 0.717) is 0 Å². The van der Waals surface area contributed by atoms with Crippen LogP contribution in [0.2, 0.25) is 0 Å². The van der Waals surface area contributed by atoms with Crippen LogP contribution in [0, 0.1) is 29.8 Å². The van der Waals surface area contributed by atoms with Gasteiger partial charge in [-0.25, -0.2) is 22.4 Å². The molecule has 2 aromatic rings. The smallest absolute Gasteiger partial charge is 0.256 e. The van der Waals surface area contributed by atoms with Gasteiger partial charge < -0.3 is 17.2 Å². The predicted molar refractivity (Wildman–Crippen MR) is 89.2 cm³/mol. The molecule has 0 aliphatic carbocycles. The van der Waals surface area contributed by atoms with E-state index in [9.17, 15) is 17.6 Å². The largest absolute Gasteiger partial charge is 0.399 e. The summed E-state index contributed by atoms with van der Waals surface area (Å²) in [6.07, 6.45) is 0. The summed E-state index contributed by atoms with van der Waals surface area (Å²) in [5.41, 5.74) is 14.7. The first kappa shape index (κ1) is 23.5. The number of hydrogen-bond acceptors (Lipinski definition) is 3. The van der Waals surface area contributed by atoms with Gasteiger partial charge in [-0.1, -0.05) is 14.9 Å². The number of halogens is 4. The van der Waals surface area contributed by atoms with E-state index in [1.165, 1.54) is 0 Å². The standard InChI is InChI=1S/C7H4F2N2.C7H8F2N2.2CH4/c1-11-7-5(8)2-4(10)3-6(7)9;8-6-1-4(11)2-7(9)5(6)3-10;;/h2-3H,10H2;1-2H,3,10-11H2;2*1H4. The Hall–Kier alpha value is -2.79. The van der Waals surface area contributed by atoms with Crippen LogP contribution in [0.5, 0.6) is 0 Å². The maximum Gasteiger partial charge on any atom is 0.256 e. The summed E-state index contributed by atoms with van der Waals surface area (Å²) in [6.45, 7) is 6.25. The van der Waals surface area contributed by atoms with E-state index >= 15 is 0 Å². The van der Waals surface area contributed by atoms with E-state index in [-0.39, 0.29) is 38.3 Å². The quantitative estimate of drug-likeness (QED) is 0.408. The molecule has 132 valence electrons. The number of rotatable bonds is 1. The lowest BCUT2D eigenvalue weighted by Crippen LogP contribution is -2.04. The van der Waals surface area contributed by atoms with Gasteiger partial charge >= 0.3 is 0 Å². The lowest BCUT2D eigenvalue weighted by molar-refractivity contribution is 0.558. The molecule has 4 nitrogen and oxygen atoms in total. The Kier molecular flexibility index (Phi) is 9.85. The predicted octanol–water partition coefficient (Wildman–Crippen LogP) is 4.38. The van der Waals surface area contributed by atoms with E-state index < -0.39 is 29.0 Å². The molecule has 0 fully saturated rings. The monoisotopic (exact) mass is 344 g/mol. The van der Waals surface area contributed by atoms with E-state index in [1.54, 1.807) is 0 Å². The first-order chi connectivity index (χ1) is 10.3. The minimum Gasteiger partial charge on any atom is -0.399 e. The van der Waals surface area contributed by atoms with E-state index in [1.807, 2.05) is 0 Å². The highest BCUT2D eigenvalue weighted by molar-refractivity contribution is 5.54. The topological polar surface area (TPSA) is 82.4 Å². The Labute approximate surface area is 138 Å². The second-order valence-electron chi connectivity index (χ2n) is 4.11. The van der Waals surface area contributed by atoms with Crippen LogP contribution in [0.15, 0.2) is 24.3 Å². The van der Waals surface area contributed by atoms with E-state index in [0.717, 1.165) is 24.3 Å². The maximum absolute atomic E-state index is 12.7. The Morgan fingerprint density at radius 3 is 1.42 bits per heavy atom. The molecule has 0 bridgehead atoms. The minimum atomic E-state index is -0.919. The lowest BCUT2D eigenvalue weighted by Gasteiger charge is -2.01. The number of anilines is 2. The van der Waals surface area contributed by atoms with Crippen LogP contribution < -0.4 is 17.2 Å². The third kappa shape index (κ3) is 5.78. The highest BCUT2D eigenvalue weighted by Gasteiger charge is 2.09. The minimum absolute atomic E-state index is 0. The van der Waals surface area contributed by atoms with Gasteiger partial charge in [-0.05, 0) is 24.3 Å². The Bertz CT molecular complexity index is 680. The van der Waals surface area contributed by atoms with Crippen molar-refractivity contribution in [3.63, 3.8) is 0 Å². The summed E-state index contributed by atoms with van der Waals surface area (Å²) in [5, 5.41) is 0. The summed E-state index contributed by atoms with van der Waals surface area (Å²) < 4.78 is 50.6. The van der Waals surface area contributed by atoms with Crippen LogP contribution in [0.3, 0.4) is 0 Å². The number of nitrogen functional groups attached to an aromatic ring is 2. The molecule has 0 amide bonds. The molecule has 8 heteroatoms. The molecule has 0 saturated carbocycles. The van der Waals surface area contributed by atoms with Gasteiger partial charge in [-0.2, -0.15) is 0 Å². The van der Waals surface area contributed by atoms with Crippen molar-refractivity contribution >= 4 is 17.1 Å². The molecule has 0 atom stereocenters. The second-order valence-corrected chi connectivity index (χ2v) is 4.11. The van der Waals surface area contributed by atoms with Crippen LogP contribution in [0.25, 0.3) is 4.85 Å². The number of nitrogens with zero attached hydrogens (tertiary/aromatic N) is 1. The first-order valence-corrected chi connectivity index (χ1v) is 5.85. The lowest BCUT2D eigenvalue weighted by atomic mass is 10.2. The van der Waals surface area contributed by atoms with Crippen LogP contribution in [0.4, 0.5) is 34.6 Å².